The monoisotopic (exact) mass is 378 g/mol. The highest BCUT2D eigenvalue weighted by molar-refractivity contribution is 5.94. The smallest absolute Gasteiger partial charge is 0.253 e. The Kier molecular flexibility index (Phi) is 5.51. The van der Waals surface area contributed by atoms with Gasteiger partial charge in [-0.25, -0.2) is 0 Å². The number of carbonyl (C=O) groups is 1. The molecule has 1 heterocycles. The van der Waals surface area contributed by atoms with Crippen LogP contribution in [0.4, 0.5) is 5.69 Å². The maximum absolute atomic E-state index is 12.3. The van der Waals surface area contributed by atoms with E-state index < -0.39 is 0 Å². The lowest BCUT2D eigenvalue weighted by Gasteiger charge is -2.53. The summed E-state index contributed by atoms with van der Waals surface area (Å²) >= 11 is 0. The molecule has 1 saturated heterocycles. The van der Waals surface area contributed by atoms with Crippen molar-refractivity contribution >= 4 is 11.6 Å². The summed E-state index contributed by atoms with van der Waals surface area (Å²) in [5.41, 5.74) is 3.69. The van der Waals surface area contributed by atoms with E-state index >= 15 is 0 Å². The Morgan fingerprint density at radius 1 is 1.14 bits per heavy atom. The zero-order valence-electron chi connectivity index (χ0n) is 16.8. The summed E-state index contributed by atoms with van der Waals surface area (Å²) in [4.78, 5) is 12.3. The van der Waals surface area contributed by atoms with Gasteiger partial charge in [-0.2, -0.15) is 0 Å². The van der Waals surface area contributed by atoms with E-state index in [1.165, 1.54) is 11.1 Å². The molecule has 4 nitrogen and oxygen atoms in total. The third kappa shape index (κ3) is 3.98. The molecule has 0 spiro atoms. The van der Waals surface area contributed by atoms with Crippen LogP contribution in [0.5, 0.6) is 0 Å². The van der Waals surface area contributed by atoms with E-state index in [9.17, 15) is 4.79 Å². The molecule has 28 heavy (non-hydrogen) atoms. The number of benzene rings is 2. The zero-order chi connectivity index (χ0) is 19.6. The summed E-state index contributed by atoms with van der Waals surface area (Å²) in [7, 11) is 0. The van der Waals surface area contributed by atoms with Gasteiger partial charge in [-0.3, -0.25) is 4.79 Å². The van der Waals surface area contributed by atoms with Crippen molar-refractivity contribution in [1.82, 2.24) is 5.32 Å². The number of amides is 1. The predicted molar refractivity (Wildman–Crippen MR) is 112 cm³/mol. The minimum absolute atomic E-state index is 0.0339. The van der Waals surface area contributed by atoms with Crippen molar-refractivity contribution in [3.8, 4) is 0 Å². The minimum Gasteiger partial charge on any atom is -0.368 e. The van der Waals surface area contributed by atoms with Crippen LogP contribution >= 0.6 is 0 Å². The van der Waals surface area contributed by atoms with E-state index in [1.807, 2.05) is 12.1 Å². The first-order valence-electron chi connectivity index (χ1n) is 10.3. The summed E-state index contributed by atoms with van der Waals surface area (Å²) in [6.45, 7) is 6.19. The van der Waals surface area contributed by atoms with Crippen molar-refractivity contribution in [2.75, 3.05) is 11.9 Å². The largest absolute Gasteiger partial charge is 0.368 e. The lowest BCUT2D eigenvalue weighted by atomic mass is 9.56. The molecule has 148 valence electrons. The molecule has 1 aliphatic carbocycles. The summed E-state index contributed by atoms with van der Waals surface area (Å²) in [5, 5.41) is 6.72. The van der Waals surface area contributed by atoms with Crippen LogP contribution in [0.3, 0.4) is 0 Å². The topological polar surface area (TPSA) is 50.4 Å². The Balaban J connectivity index is 1.32. The number of rotatable bonds is 6. The number of anilines is 1. The minimum atomic E-state index is -0.299. The quantitative estimate of drug-likeness (QED) is 0.779. The van der Waals surface area contributed by atoms with Crippen LogP contribution < -0.4 is 10.6 Å². The van der Waals surface area contributed by atoms with Crippen LogP contribution in [-0.4, -0.2) is 24.7 Å². The number of nitrogens with one attached hydrogen (secondary N) is 2. The Morgan fingerprint density at radius 2 is 1.96 bits per heavy atom. The van der Waals surface area contributed by atoms with E-state index in [1.54, 1.807) is 0 Å². The number of ether oxygens (including phenoxy) is 1. The molecule has 3 atom stereocenters. The fourth-order valence-corrected chi connectivity index (χ4v) is 4.53. The van der Waals surface area contributed by atoms with Crippen LogP contribution in [-0.2, 0) is 16.1 Å². The van der Waals surface area contributed by atoms with Crippen LogP contribution in [0, 0.1) is 5.41 Å². The van der Waals surface area contributed by atoms with Gasteiger partial charge in [-0.05, 0) is 53.9 Å². The van der Waals surface area contributed by atoms with Crippen molar-refractivity contribution in [2.45, 2.75) is 57.7 Å². The fourth-order valence-electron chi connectivity index (χ4n) is 4.53. The highest BCUT2D eigenvalue weighted by Gasteiger charge is 2.48. The second-order valence-electron chi connectivity index (χ2n) is 8.65. The Bertz CT molecular complexity index is 812. The van der Waals surface area contributed by atoms with E-state index in [2.05, 4.69) is 66.9 Å². The lowest BCUT2D eigenvalue weighted by Crippen LogP contribution is -2.55. The zero-order valence-corrected chi connectivity index (χ0v) is 16.8. The first kappa shape index (κ1) is 19.2. The summed E-state index contributed by atoms with van der Waals surface area (Å²) < 4.78 is 5.46. The lowest BCUT2D eigenvalue weighted by molar-refractivity contribution is -0.124. The van der Waals surface area contributed by atoms with Crippen molar-refractivity contribution in [3.05, 3.63) is 65.7 Å². The van der Waals surface area contributed by atoms with E-state index in [0.29, 0.717) is 18.6 Å². The van der Waals surface area contributed by atoms with Gasteiger partial charge in [-0.1, -0.05) is 56.3 Å². The normalized spacial score (nSPS) is 25.9. The number of hydrogen-bond donors (Lipinski definition) is 2. The average Bonchev–Trinajstić information content (AvgIpc) is 3.23. The molecule has 2 aromatic carbocycles. The summed E-state index contributed by atoms with van der Waals surface area (Å²) in [5.74, 6) is 0.566. The van der Waals surface area contributed by atoms with Gasteiger partial charge in [0, 0.05) is 24.9 Å². The molecular weight excluding hydrogens is 348 g/mol. The standard InChI is InChI=1S/C24H30N2O2/c1-24(2)20(18-9-4-3-5-10-18)15-22(24)25-16-17-8-6-11-19(14-17)26-23(27)21-12-7-13-28-21/h3-6,8-11,14,20-22,25H,7,12-13,15-16H2,1-2H3,(H,26,27)/t20-,21+,22-/m1/s1. The molecule has 0 unspecified atom stereocenters. The van der Waals surface area contributed by atoms with E-state index in [4.69, 9.17) is 4.74 Å². The summed E-state index contributed by atoms with van der Waals surface area (Å²) in [6, 6.07) is 19.4. The first-order chi connectivity index (χ1) is 13.5. The average molecular weight is 379 g/mol. The third-order valence-electron chi connectivity index (χ3n) is 6.44. The molecule has 2 aromatic rings. The second-order valence-corrected chi connectivity index (χ2v) is 8.65. The van der Waals surface area contributed by atoms with Crippen molar-refractivity contribution in [3.63, 3.8) is 0 Å². The van der Waals surface area contributed by atoms with Crippen molar-refractivity contribution < 1.29 is 9.53 Å². The maximum atomic E-state index is 12.3. The summed E-state index contributed by atoms with van der Waals surface area (Å²) in [6.07, 6.45) is 2.63. The van der Waals surface area contributed by atoms with Gasteiger partial charge in [0.05, 0.1) is 0 Å². The van der Waals surface area contributed by atoms with Gasteiger partial charge in [0.15, 0.2) is 0 Å². The molecule has 2 fully saturated rings. The molecule has 4 rings (SSSR count). The molecule has 1 saturated carbocycles. The molecule has 4 heteroatoms. The first-order valence-corrected chi connectivity index (χ1v) is 10.3. The Morgan fingerprint density at radius 3 is 2.68 bits per heavy atom. The molecule has 1 amide bonds. The van der Waals surface area contributed by atoms with Crippen LogP contribution in [0.25, 0.3) is 0 Å². The van der Waals surface area contributed by atoms with Crippen molar-refractivity contribution in [1.29, 1.82) is 0 Å². The highest BCUT2D eigenvalue weighted by Crippen LogP contribution is 2.52. The van der Waals surface area contributed by atoms with Crippen LogP contribution in [0.15, 0.2) is 54.6 Å². The molecule has 0 aromatic heterocycles. The highest BCUT2D eigenvalue weighted by atomic mass is 16.5. The van der Waals surface area contributed by atoms with Gasteiger partial charge >= 0.3 is 0 Å². The number of hydrogen-bond acceptors (Lipinski definition) is 3. The van der Waals surface area contributed by atoms with E-state index in [0.717, 1.165) is 31.5 Å². The van der Waals surface area contributed by atoms with Gasteiger partial charge in [0.1, 0.15) is 6.10 Å². The van der Waals surface area contributed by atoms with E-state index in [-0.39, 0.29) is 17.4 Å². The third-order valence-corrected chi connectivity index (χ3v) is 6.44. The number of carbonyl (C=O) groups excluding carboxylic acids is 1. The molecule has 0 bridgehead atoms. The predicted octanol–water partition coefficient (Wildman–Crippen LogP) is 4.48. The SMILES string of the molecule is CC1(C)[C@@H](c2ccccc2)C[C@H]1NCc1cccc(NC(=O)[C@@H]2CCCO2)c1. The van der Waals surface area contributed by atoms with Gasteiger partial charge in [0.2, 0.25) is 0 Å². The van der Waals surface area contributed by atoms with Gasteiger partial charge in [-0.15, -0.1) is 0 Å². The van der Waals surface area contributed by atoms with Crippen molar-refractivity contribution in [2.24, 2.45) is 5.41 Å². The van der Waals surface area contributed by atoms with Crippen LogP contribution in [0.1, 0.15) is 50.2 Å². The van der Waals surface area contributed by atoms with Gasteiger partial charge < -0.3 is 15.4 Å². The van der Waals surface area contributed by atoms with Crippen LogP contribution in [0.2, 0.25) is 0 Å². The second kappa shape index (κ2) is 8.06. The molecule has 1 aliphatic heterocycles. The molecule has 0 radical (unpaired) electrons. The molecular formula is C24H30N2O2. The fraction of sp³-hybridized carbons (Fsp3) is 0.458. The maximum Gasteiger partial charge on any atom is 0.253 e. The Labute approximate surface area is 167 Å². The van der Waals surface area contributed by atoms with Gasteiger partial charge in [0.25, 0.3) is 5.91 Å². The molecule has 2 N–H and O–H groups in total. The molecule has 2 aliphatic rings. The Hall–Kier alpha value is -2.17.